The van der Waals surface area contributed by atoms with Crippen LogP contribution in [0.15, 0.2) is 59.5 Å². The minimum absolute atomic E-state index is 0.0520. The molecule has 2 saturated heterocycles. The second-order valence-corrected chi connectivity index (χ2v) is 10.2. The predicted molar refractivity (Wildman–Crippen MR) is 124 cm³/mol. The van der Waals surface area contributed by atoms with Gasteiger partial charge in [0.15, 0.2) is 6.61 Å². The van der Waals surface area contributed by atoms with Crippen molar-refractivity contribution in [2.24, 2.45) is 0 Å². The standard InChI is InChI=1S/C24H31N3O4S/c28-24(26-18-16-25(17-19-26)21-8-4-3-5-9-21)20-31-22-10-12-23(13-11-22)32(29,30)27-14-6-1-2-7-15-27/h3-5,8-13H,1-2,6-7,14-20H2. The molecule has 0 unspecified atom stereocenters. The molecule has 0 saturated carbocycles. The fourth-order valence-corrected chi connectivity index (χ4v) is 5.75. The fourth-order valence-electron chi connectivity index (χ4n) is 4.23. The normalized spacial score (nSPS) is 18.2. The van der Waals surface area contributed by atoms with Crippen LogP contribution < -0.4 is 9.64 Å². The summed E-state index contributed by atoms with van der Waals surface area (Å²) in [4.78, 5) is 16.9. The van der Waals surface area contributed by atoms with Gasteiger partial charge in [-0.25, -0.2) is 8.42 Å². The fraction of sp³-hybridized carbons (Fsp3) is 0.458. The van der Waals surface area contributed by atoms with Crippen molar-refractivity contribution in [2.75, 3.05) is 50.8 Å². The highest BCUT2D eigenvalue weighted by molar-refractivity contribution is 7.89. The molecule has 1 amide bonds. The van der Waals surface area contributed by atoms with E-state index in [0.29, 0.717) is 31.9 Å². The van der Waals surface area contributed by atoms with E-state index in [1.165, 1.54) is 5.69 Å². The number of nitrogens with zero attached hydrogens (tertiary/aromatic N) is 3. The number of piperazine rings is 1. The Kier molecular flexibility index (Phi) is 7.32. The Morgan fingerprint density at radius 3 is 2.03 bits per heavy atom. The number of rotatable bonds is 6. The van der Waals surface area contributed by atoms with Crippen LogP contribution in [0.5, 0.6) is 5.75 Å². The van der Waals surface area contributed by atoms with E-state index >= 15 is 0 Å². The van der Waals surface area contributed by atoms with Gasteiger partial charge < -0.3 is 14.5 Å². The van der Waals surface area contributed by atoms with E-state index < -0.39 is 10.0 Å². The average Bonchev–Trinajstić information content (AvgIpc) is 3.14. The second kappa shape index (κ2) is 10.4. The van der Waals surface area contributed by atoms with Crippen molar-refractivity contribution < 1.29 is 17.9 Å². The number of hydrogen-bond acceptors (Lipinski definition) is 5. The smallest absolute Gasteiger partial charge is 0.260 e. The van der Waals surface area contributed by atoms with Crippen LogP contribution in [0.4, 0.5) is 5.69 Å². The molecule has 2 heterocycles. The first-order valence-electron chi connectivity index (χ1n) is 11.3. The molecule has 0 bridgehead atoms. The molecular formula is C24H31N3O4S. The minimum atomic E-state index is -3.48. The van der Waals surface area contributed by atoms with Crippen molar-refractivity contribution in [1.29, 1.82) is 0 Å². The number of amides is 1. The highest BCUT2D eigenvalue weighted by atomic mass is 32.2. The van der Waals surface area contributed by atoms with Crippen molar-refractivity contribution in [2.45, 2.75) is 30.6 Å². The zero-order chi connectivity index (χ0) is 22.4. The van der Waals surface area contributed by atoms with E-state index in [-0.39, 0.29) is 17.4 Å². The van der Waals surface area contributed by atoms with Gasteiger partial charge in [0.2, 0.25) is 10.0 Å². The van der Waals surface area contributed by atoms with Crippen LogP contribution in [0.25, 0.3) is 0 Å². The molecule has 8 heteroatoms. The van der Waals surface area contributed by atoms with Gasteiger partial charge in [-0.2, -0.15) is 4.31 Å². The van der Waals surface area contributed by atoms with Crippen LogP contribution in [0.3, 0.4) is 0 Å². The summed E-state index contributed by atoms with van der Waals surface area (Å²) in [6.45, 7) is 3.99. The van der Waals surface area contributed by atoms with Crippen LogP contribution in [0.1, 0.15) is 25.7 Å². The quantitative estimate of drug-likeness (QED) is 0.667. The number of carbonyl (C=O) groups is 1. The van der Waals surface area contributed by atoms with E-state index in [0.717, 1.165) is 38.8 Å². The lowest BCUT2D eigenvalue weighted by atomic mass is 10.2. The predicted octanol–water partition coefficient (Wildman–Crippen LogP) is 2.98. The molecule has 0 aromatic heterocycles. The van der Waals surface area contributed by atoms with Gasteiger partial charge in [-0.05, 0) is 49.2 Å². The second-order valence-electron chi connectivity index (χ2n) is 8.28. The summed E-state index contributed by atoms with van der Waals surface area (Å²) in [5, 5.41) is 0. The molecule has 2 aromatic rings. The molecule has 7 nitrogen and oxygen atoms in total. The van der Waals surface area contributed by atoms with Gasteiger partial charge in [-0.1, -0.05) is 31.0 Å². The zero-order valence-corrected chi connectivity index (χ0v) is 19.2. The van der Waals surface area contributed by atoms with Crippen LogP contribution in [0, 0.1) is 0 Å². The number of hydrogen-bond donors (Lipinski definition) is 0. The van der Waals surface area contributed by atoms with Gasteiger partial charge in [0.1, 0.15) is 5.75 Å². The molecule has 32 heavy (non-hydrogen) atoms. The van der Waals surface area contributed by atoms with E-state index in [2.05, 4.69) is 17.0 Å². The van der Waals surface area contributed by atoms with Crippen molar-refractivity contribution in [3.05, 3.63) is 54.6 Å². The lowest BCUT2D eigenvalue weighted by molar-refractivity contribution is -0.133. The molecule has 2 aliphatic rings. The highest BCUT2D eigenvalue weighted by Gasteiger charge is 2.25. The van der Waals surface area contributed by atoms with Crippen molar-refractivity contribution in [3.8, 4) is 5.75 Å². The van der Waals surface area contributed by atoms with Crippen LogP contribution in [-0.2, 0) is 14.8 Å². The Morgan fingerprint density at radius 1 is 0.781 bits per heavy atom. The molecule has 172 valence electrons. The molecule has 2 aliphatic heterocycles. The van der Waals surface area contributed by atoms with Crippen LogP contribution in [-0.4, -0.2) is 69.4 Å². The highest BCUT2D eigenvalue weighted by Crippen LogP contribution is 2.23. The summed E-state index contributed by atoms with van der Waals surface area (Å²) in [6, 6.07) is 16.6. The number of sulfonamides is 1. The largest absolute Gasteiger partial charge is 0.484 e. The Bertz CT molecular complexity index is 980. The third-order valence-corrected chi connectivity index (χ3v) is 8.06. The molecule has 4 rings (SSSR count). The van der Waals surface area contributed by atoms with E-state index in [4.69, 9.17) is 4.74 Å². The molecular weight excluding hydrogens is 426 g/mol. The van der Waals surface area contributed by atoms with Crippen LogP contribution in [0.2, 0.25) is 0 Å². The van der Waals surface area contributed by atoms with E-state index in [1.54, 1.807) is 28.6 Å². The number of anilines is 1. The van der Waals surface area contributed by atoms with E-state index in [1.807, 2.05) is 23.1 Å². The van der Waals surface area contributed by atoms with Crippen LogP contribution >= 0.6 is 0 Å². The van der Waals surface area contributed by atoms with Gasteiger partial charge in [0.05, 0.1) is 4.90 Å². The summed E-state index contributed by atoms with van der Waals surface area (Å²) in [5.41, 5.74) is 1.17. The van der Waals surface area contributed by atoms with Crippen molar-refractivity contribution in [1.82, 2.24) is 9.21 Å². The Hall–Kier alpha value is -2.58. The lowest BCUT2D eigenvalue weighted by Crippen LogP contribution is -2.50. The molecule has 2 aromatic carbocycles. The number of ether oxygens (including phenoxy) is 1. The first kappa shape index (κ1) is 22.6. The van der Waals surface area contributed by atoms with Crippen molar-refractivity contribution >= 4 is 21.6 Å². The topological polar surface area (TPSA) is 70.2 Å². The van der Waals surface area contributed by atoms with Gasteiger partial charge in [0, 0.05) is 45.0 Å². The van der Waals surface area contributed by atoms with E-state index in [9.17, 15) is 13.2 Å². The summed E-state index contributed by atoms with van der Waals surface area (Å²) < 4.78 is 33.0. The monoisotopic (exact) mass is 457 g/mol. The molecule has 0 N–H and O–H groups in total. The maximum Gasteiger partial charge on any atom is 0.260 e. The summed E-state index contributed by atoms with van der Waals surface area (Å²) >= 11 is 0. The maximum atomic E-state index is 12.9. The third kappa shape index (κ3) is 5.42. The number of para-hydroxylation sites is 1. The molecule has 0 atom stereocenters. The minimum Gasteiger partial charge on any atom is -0.484 e. The zero-order valence-electron chi connectivity index (χ0n) is 18.4. The Labute approximate surface area is 190 Å². The summed E-state index contributed by atoms with van der Waals surface area (Å²) in [7, 11) is -3.48. The Balaban J connectivity index is 1.27. The van der Waals surface area contributed by atoms with Gasteiger partial charge in [-0.15, -0.1) is 0 Å². The Morgan fingerprint density at radius 2 is 1.41 bits per heavy atom. The number of benzene rings is 2. The number of carbonyl (C=O) groups excluding carboxylic acids is 1. The molecule has 2 fully saturated rings. The first-order chi connectivity index (χ1) is 15.5. The molecule has 0 aliphatic carbocycles. The summed E-state index contributed by atoms with van der Waals surface area (Å²) in [6.07, 6.45) is 3.96. The SMILES string of the molecule is O=C(COc1ccc(S(=O)(=O)N2CCCCCC2)cc1)N1CCN(c2ccccc2)CC1. The maximum absolute atomic E-state index is 12.9. The van der Waals surface area contributed by atoms with Gasteiger partial charge >= 0.3 is 0 Å². The summed E-state index contributed by atoms with van der Waals surface area (Å²) in [5.74, 6) is 0.440. The van der Waals surface area contributed by atoms with Gasteiger partial charge in [-0.3, -0.25) is 4.79 Å². The molecule has 0 spiro atoms. The lowest BCUT2D eigenvalue weighted by Gasteiger charge is -2.36. The third-order valence-electron chi connectivity index (χ3n) is 6.14. The first-order valence-corrected chi connectivity index (χ1v) is 12.8. The average molecular weight is 458 g/mol. The molecule has 0 radical (unpaired) electrons. The van der Waals surface area contributed by atoms with Gasteiger partial charge in [0.25, 0.3) is 5.91 Å². The van der Waals surface area contributed by atoms with Crippen molar-refractivity contribution in [3.63, 3.8) is 0 Å².